The van der Waals surface area contributed by atoms with E-state index in [1.54, 1.807) is 25.1 Å². The third-order valence-corrected chi connectivity index (χ3v) is 3.75. The third kappa shape index (κ3) is 6.65. The van der Waals surface area contributed by atoms with Gasteiger partial charge in [0.15, 0.2) is 6.61 Å². The molecule has 0 spiro atoms. The van der Waals surface area contributed by atoms with Gasteiger partial charge in [0, 0.05) is 6.07 Å². The predicted molar refractivity (Wildman–Crippen MR) is 110 cm³/mol. The van der Waals surface area contributed by atoms with Crippen molar-refractivity contribution < 1.29 is 23.7 Å². The van der Waals surface area contributed by atoms with Crippen LogP contribution in [0.5, 0.6) is 23.0 Å². The summed E-state index contributed by atoms with van der Waals surface area (Å²) >= 11 is 0. The van der Waals surface area contributed by atoms with Crippen LogP contribution in [0, 0.1) is 12.8 Å². The Hall–Kier alpha value is -2.95. The summed E-state index contributed by atoms with van der Waals surface area (Å²) in [5.41, 5.74) is 1.78. The Balaban J connectivity index is 2.10. The Labute approximate surface area is 166 Å². The molecule has 0 N–H and O–H groups in total. The lowest BCUT2D eigenvalue weighted by Gasteiger charge is -2.14. The fraction of sp³-hybridized carbons (Fsp3) is 0.348. The van der Waals surface area contributed by atoms with Crippen LogP contribution in [0.3, 0.4) is 0 Å². The third-order valence-electron chi connectivity index (χ3n) is 3.75. The molecule has 0 saturated heterocycles. The van der Waals surface area contributed by atoms with Gasteiger partial charge in [0.1, 0.15) is 23.0 Å². The Morgan fingerprint density at radius 3 is 2.46 bits per heavy atom. The van der Waals surface area contributed by atoms with Gasteiger partial charge in [-0.1, -0.05) is 26.5 Å². The van der Waals surface area contributed by atoms with Gasteiger partial charge in [0.25, 0.3) is 0 Å². The fourth-order valence-corrected chi connectivity index (χ4v) is 2.44. The van der Waals surface area contributed by atoms with Gasteiger partial charge in [0.2, 0.25) is 0 Å². The fourth-order valence-electron chi connectivity index (χ4n) is 2.44. The molecule has 0 unspecified atom stereocenters. The standard InChI is InChI=1S/C23H28O5/c1-6-18-11-20(26-14-16(3)4)13-21(12-18)28-19-8-9-22(17(5)10-19)27-15-23(24)25-7-2/h6,8-13,16H,1,7,14-15H2,2-5H3. The number of hydrogen-bond donors (Lipinski definition) is 0. The van der Waals surface area contributed by atoms with Crippen LogP contribution in [-0.4, -0.2) is 25.8 Å². The zero-order chi connectivity index (χ0) is 20.5. The number of carbonyl (C=O) groups is 1. The van der Waals surface area contributed by atoms with Gasteiger partial charge in [-0.3, -0.25) is 0 Å². The molecule has 150 valence electrons. The van der Waals surface area contributed by atoms with Crippen LogP contribution in [-0.2, 0) is 9.53 Å². The summed E-state index contributed by atoms with van der Waals surface area (Å²) in [6, 6.07) is 11.1. The lowest BCUT2D eigenvalue weighted by Crippen LogP contribution is -2.14. The lowest BCUT2D eigenvalue weighted by molar-refractivity contribution is -0.145. The number of ether oxygens (including phenoxy) is 4. The van der Waals surface area contributed by atoms with E-state index in [9.17, 15) is 4.79 Å². The van der Waals surface area contributed by atoms with Crippen molar-refractivity contribution in [3.63, 3.8) is 0 Å². The van der Waals surface area contributed by atoms with Crippen LogP contribution >= 0.6 is 0 Å². The van der Waals surface area contributed by atoms with Crippen molar-refractivity contribution in [1.82, 2.24) is 0 Å². The summed E-state index contributed by atoms with van der Waals surface area (Å²) in [5, 5.41) is 0. The van der Waals surface area contributed by atoms with Crippen molar-refractivity contribution >= 4 is 12.0 Å². The monoisotopic (exact) mass is 384 g/mol. The molecule has 0 saturated carbocycles. The van der Waals surface area contributed by atoms with Crippen molar-refractivity contribution in [3.8, 4) is 23.0 Å². The van der Waals surface area contributed by atoms with Gasteiger partial charge in [-0.15, -0.1) is 0 Å². The van der Waals surface area contributed by atoms with Crippen molar-refractivity contribution in [1.29, 1.82) is 0 Å². The number of carbonyl (C=O) groups excluding carboxylic acids is 1. The number of rotatable bonds is 10. The van der Waals surface area contributed by atoms with E-state index in [0.29, 0.717) is 36.4 Å². The maximum Gasteiger partial charge on any atom is 0.344 e. The van der Waals surface area contributed by atoms with Gasteiger partial charge >= 0.3 is 5.97 Å². The molecule has 0 aliphatic rings. The van der Waals surface area contributed by atoms with Crippen LogP contribution < -0.4 is 14.2 Å². The molecule has 0 atom stereocenters. The van der Waals surface area contributed by atoms with Crippen LogP contribution in [0.2, 0.25) is 0 Å². The average molecular weight is 384 g/mol. The molecule has 0 fully saturated rings. The van der Waals surface area contributed by atoms with Crippen molar-refractivity contribution in [3.05, 3.63) is 54.1 Å². The Morgan fingerprint density at radius 2 is 1.82 bits per heavy atom. The lowest BCUT2D eigenvalue weighted by atomic mass is 10.2. The molecule has 0 bridgehead atoms. The van der Waals surface area contributed by atoms with Crippen LogP contribution in [0.4, 0.5) is 0 Å². The van der Waals surface area contributed by atoms with E-state index in [1.807, 2.05) is 31.2 Å². The smallest absolute Gasteiger partial charge is 0.344 e. The van der Waals surface area contributed by atoms with Gasteiger partial charge < -0.3 is 18.9 Å². The van der Waals surface area contributed by atoms with Crippen molar-refractivity contribution in [2.45, 2.75) is 27.7 Å². The minimum Gasteiger partial charge on any atom is -0.493 e. The van der Waals surface area contributed by atoms with E-state index in [0.717, 1.165) is 16.9 Å². The summed E-state index contributed by atoms with van der Waals surface area (Å²) in [4.78, 5) is 11.4. The molecule has 2 aromatic carbocycles. The van der Waals surface area contributed by atoms with Gasteiger partial charge in [-0.25, -0.2) is 4.79 Å². The summed E-state index contributed by atoms with van der Waals surface area (Å²) in [6.45, 7) is 12.5. The SMILES string of the molecule is C=Cc1cc(OCC(C)C)cc(Oc2ccc(OCC(=O)OCC)c(C)c2)c1. The molecular weight excluding hydrogens is 356 g/mol. The molecule has 2 aromatic rings. The minimum absolute atomic E-state index is 0.118. The molecular formula is C23H28O5. The summed E-state index contributed by atoms with van der Waals surface area (Å²) in [5.74, 6) is 2.72. The maximum atomic E-state index is 11.4. The molecule has 5 heteroatoms. The van der Waals surface area contributed by atoms with E-state index in [1.165, 1.54) is 0 Å². The highest BCUT2D eigenvalue weighted by atomic mass is 16.6. The van der Waals surface area contributed by atoms with Crippen LogP contribution in [0.25, 0.3) is 6.08 Å². The predicted octanol–water partition coefficient (Wildman–Crippen LogP) is 5.41. The van der Waals surface area contributed by atoms with Crippen LogP contribution in [0.1, 0.15) is 31.9 Å². The molecule has 5 nitrogen and oxygen atoms in total. The maximum absolute atomic E-state index is 11.4. The second-order valence-corrected chi connectivity index (χ2v) is 6.77. The molecule has 0 aromatic heterocycles. The Bertz CT molecular complexity index is 811. The topological polar surface area (TPSA) is 54.0 Å². The van der Waals surface area contributed by atoms with Crippen molar-refractivity contribution in [2.24, 2.45) is 5.92 Å². The number of hydrogen-bond acceptors (Lipinski definition) is 5. The largest absolute Gasteiger partial charge is 0.493 e. The molecule has 2 rings (SSSR count). The first-order valence-electron chi connectivity index (χ1n) is 9.38. The molecule has 28 heavy (non-hydrogen) atoms. The minimum atomic E-state index is -0.391. The average Bonchev–Trinajstić information content (AvgIpc) is 2.65. The van der Waals surface area contributed by atoms with Gasteiger partial charge in [-0.05, 0) is 61.2 Å². The van der Waals surface area contributed by atoms with Crippen LogP contribution in [0.15, 0.2) is 43.0 Å². The van der Waals surface area contributed by atoms with E-state index in [-0.39, 0.29) is 6.61 Å². The molecule has 0 amide bonds. The number of aryl methyl sites for hydroxylation is 1. The first kappa shape index (κ1) is 21.4. The highest BCUT2D eigenvalue weighted by Crippen LogP contribution is 2.31. The normalized spacial score (nSPS) is 10.5. The summed E-state index contributed by atoms with van der Waals surface area (Å²) in [6.07, 6.45) is 1.76. The molecule has 0 aliphatic heterocycles. The highest BCUT2D eigenvalue weighted by Gasteiger charge is 2.08. The number of benzene rings is 2. The second-order valence-electron chi connectivity index (χ2n) is 6.77. The molecule has 0 radical (unpaired) electrons. The Morgan fingerprint density at radius 1 is 1.07 bits per heavy atom. The zero-order valence-electron chi connectivity index (χ0n) is 17.0. The molecule has 0 aliphatic carbocycles. The summed E-state index contributed by atoms with van der Waals surface area (Å²) in [7, 11) is 0. The first-order valence-corrected chi connectivity index (χ1v) is 9.38. The van der Waals surface area contributed by atoms with E-state index in [4.69, 9.17) is 18.9 Å². The quantitative estimate of drug-likeness (QED) is 0.513. The highest BCUT2D eigenvalue weighted by molar-refractivity contribution is 5.71. The summed E-state index contributed by atoms with van der Waals surface area (Å²) < 4.78 is 22.2. The second kappa shape index (κ2) is 10.4. The zero-order valence-corrected chi connectivity index (χ0v) is 17.0. The number of esters is 1. The Kier molecular flexibility index (Phi) is 7.93. The van der Waals surface area contributed by atoms with Gasteiger partial charge in [0.05, 0.1) is 13.2 Å². The first-order chi connectivity index (χ1) is 13.4. The molecule has 0 heterocycles. The van der Waals surface area contributed by atoms with E-state index < -0.39 is 5.97 Å². The van der Waals surface area contributed by atoms with E-state index >= 15 is 0 Å². The van der Waals surface area contributed by atoms with Gasteiger partial charge in [-0.2, -0.15) is 0 Å². The van der Waals surface area contributed by atoms with E-state index in [2.05, 4.69) is 20.4 Å². The van der Waals surface area contributed by atoms with Crippen molar-refractivity contribution in [2.75, 3.05) is 19.8 Å².